The van der Waals surface area contributed by atoms with Crippen molar-refractivity contribution < 1.29 is 13.7 Å². The van der Waals surface area contributed by atoms with E-state index in [0.29, 0.717) is 29.0 Å². The first-order valence-electron chi connectivity index (χ1n) is 6.58. The van der Waals surface area contributed by atoms with Crippen LogP contribution in [0.15, 0.2) is 51.6 Å². The van der Waals surface area contributed by atoms with E-state index in [1.807, 2.05) is 0 Å². The van der Waals surface area contributed by atoms with Crippen molar-refractivity contribution in [1.82, 2.24) is 15.5 Å². The van der Waals surface area contributed by atoms with Crippen LogP contribution in [0.4, 0.5) is 0 Å². The average molecular weight is 318 g/mol. The summed E-state index contributed by atoms with van der Waals surface area (Å²) in [6.07, 6.45) is 1.59. The topological polar surface area (TPSA) is 81.2 Å². The van der Waals surface area contributed by atoms with Crippen LogP contribution in [0.2, 0.25) is 5.02 Å². The number of nitrogens with one attached hydrogen (secondary N) is 1. The highest BCUT2D eigenvalue weighted by Crippen LogP contribution is 2.19. The number of hydrogen-bond donors (Lipinski definition) is 1. The van der Waals surface area contributed by atoms with Gasteiger partial charge in [0.15, 0.2) is 5.82 Å². The summed E-state index contributed by atoms with van der Waals surface area (Å²) in [5, 5.41) is 7.14. The van der Waals surface area contributed by atoms with Crippen molar-refractivity contribution in [3.05, 3.63) is 59.3 Å². The fourth-order valence-corrected chi connectivity index (χ4v) is 1.97. The summed E-state index contributed by atoms with van der Waals surface area (Å²) in [4.78, 5) is 16.0. The second-order valence-electron chi connectivity index (χ2n) is 4.56. The first kappa shape index (κ1) is 14.3. The zero-order valence-corrected chi connectivity index (χ0v) is 12.2. The van der Waals surface area contributed by atoms with Crippen LogP contribution in [0.1, 0.15) is 11.6 Å². The smallest absolute Gasteiger partial charge is 0.257 e. The molecule has 0 saturated heterocycles. The van der Waals surface area contributed by atoms with Crippen molar-refractivity contribution in [1.29, 1.82) is 0 Å². The highest BCUT2D eigenvalue weighted by Gasteiger charge is 2.12. The molecule has 0 atom stereocenters. The Labute approximate surface area is 131 Å². The molecule has 0 bridgehead atoms. The molecular formula is C15H12ClN3O3. The number of hydrogen-bond acceptors (Lipinski definition) is 5. The number of carbonyl (C=O) groups is 1. The SMILES string of the molecule is O=C(Cc1noc(-c2ccc(Cl)cc2)n1)NCc1ccco1. The van der Waals surface area contributed by atoms with Crippen molar-refractivity contribution in [2.75, 3.05) is 0 Å². The standard InChI is InChI=1S/C15H12ClN3O3/c16-11-5-3-10(4-6-11)15-18-13(19-22-15)8-14(20)17-9-12-2-1-7-21-12/h1-7H,8-9H2,(H,17,20). The van der Waals surface area contributed by atoms with Gasteiger partial charge in [-0.2, -0.15) is 4.98 Å². The van der Waals surface area contributed by atoms with Crippen LogP contribution >= 0.6 is 11.6 Å². The minimum atomic E-state index is -0.208. The highest BCUT2D eigenvalue weighted by molar-refractivity contribution is 6.30. The molecule has 0 aliphatic heterocycles. The molecule has 1 aromatic carbocycles. The lowest BCUT2D eigenvalue weighted by Crippen LogP contribution is -2.24. The Hall–Kier alpha value is -2.60. The van der Waals surface area contributed by atoms with E-state index in [1.54, 1.807) is 42.7 Å². The highest BCUT2D eigenvalue weighted by atomic mass is 35.5. The van der Waals surface area contributed by atoms with Crippen LogP contribution in [0.3, 0.4) is 0 Å². The van der Waals surface area contributed by atoms with Crippen molar-refractivity contribution in [3.63, 3.8) is 0 Å². The second-order valence-corrected chi connectivity index (χ2v) is 4.99. The molecule has 3 aromatic rings. The molecular weight excluding hydrogens is 306 g/mol. The summed E-state index contributed by atoms with van der Waals surface area (Å²) < 4.78 is 10.3. The monoisotopic (exact) mass is 317 g/mol. The Morgan fingerprint density at radius 2 is 2.05 bits per heavy atom. The maximum absolute atomic E-state index is 11.8. The van der Waals surface area contributed by atoms with E-state index >= 15 is 0 Å². The molecule has 1 N–H and O–H groups in total. The predicted molar refractivity (Wildman–Crippen MR) is 79.0 cm³/mol. The molecule has 2 heterocycles. The van der Waals surface area contributed by atoms with Crippen LogP contribution in [0.5, 0.6) is 0 Å². The van der Waals surface area contributed by atoms with E-state index in [0.717, 1.165) is 5.56 Å². The molecule has 0 aliphatic rings. The molecule has 22 heavy (non-hydrogen) atoms. The number of aromatic nitrogens is 2. The van der Waals surface area contributed by atoms with Gasteiger partial charge in [0.25, 0.3) is 5.89 Å². The summed E-state index contributed by atoms with van der Waals surface area (Å²) in [7, 11) is 0. The summed E-state index contributed by atoms with van der Waals surface area (Å²) >= 11 is 5.82. The van der Waals surface area contributed by atoms with Gasteiger partial charge in [-0.25, -0.2) is 0 Å². The Morgan fingerprint density at radius 3 is 2.77 bits per heavy atom. The summed E-state index contributed by atoms with van der Waals surface area (Å²) in [6, 6.07) is 10.6. The van der Waals surface area contributed by atoms with Gasteiger partial charge in [-0.1, -0.05) is 16.8 Å². The Morgan fingerprint density at radius 1 is 1.23 bits per heavy atom. The zero-order chi connectivity index (χ0) is 15.4. The number of furan rings is 1. The molecule has 6 nitrogen and oxygen atoms in total. The number of amides is 1. The summed E-state index contributed by atoms with van der Waals surface area (Å²) in [6.45, 7) is 0.327. The summed E-state index contributed by atoms with van der Waals surface area (Å²) in [5.41, 5.74) is 0.749. The molecule has 1 amide bonds. The Balaban J connectivity index is 1.59. The van der Waals surface area contributed by atoms with E-state index in [1.165, 1.54) is 0 Å². The molecule has 112 valence electrons. The van der Waals surface area contributed by atoms with E-state index < -0.39 is 0 Å². The third kappa shape index (κ3) is 3.53. The first-order chi connectivity index (χ1) is 10.7. The maximum Gasteiger partial charge on any atom is 0.257 e. The minimum Gasteiger partial charge on any atom is -0.467 e. The first-order valence-corrected chi connectivity index (χ1v) is 6.96. The molecule has 0 radical (unpaired) electrons. The van der Waals surface area contributed by atoms with E-state index in [4.69, 9.17) is 20.5 Å². The van der Waals surface area contributed by atoms with Crippen LogP contribution < -0.4 is 5.32 Å². The van der Waals surface area contributed by atoms with Gasteiger partial charge in [-0.15, -0.1) is 0 Å². The molecule has 3 rings (SSSR count). The van der Waals surface area contributed by atoms with E-state index in [-0.39, 0.29) is 12.3 Å². The normalized spacial score (nSPS) is 10.6. The van der Waals surface area contributed by atoms with Gasteiger partial charge in [0, 0.05) is 10.6 Å². The lowest BCUT2D eigenvalue weighted by molar-refractivity contribution is -0.120. The largest absolute Gasteiger partial charge is 0.467 e. The lowest BCUT2D eigenvalue weighted by Gasteiger charge is -2.00. The number of benzene rings is 1. The Kier molecular flexibility index (Phi) is 4.20. The molecule has 2 aromatic heterocycles. The van der Waals surface area contributed by atoms with Crippen LogP contribution in [-0.4, -0.2) is 16.0 Å². The fourth-order valence-electron chi connectivity index (χ4n) is 1.84. The molecule has 0 fully saturated rings. The third-order valence-corrected chi connectivity index (χ3v) is 3.17. The van der Waals surface area contributed by atoms with Gasteiger partial charge >= 0.3 is 0 Å². The van der Waals surface area contributed by atoms with Gasteiger partial charge in [0.1, 0.15) is 5.76 Å². The second kappa shape index (κ2) is 6.44. The van der Waals surface area contributed by atoms with Gasteiger partial charge in [-0.3, -0.25) is 4.79 Å². The molecule has 0 spiro atoms. The zero-order valence-electron chi connectivity index (χ0n) is 11.5. The predicted octanol–water partition coefficient (Wildman–Crippen LogP) is 2.84. The van der Waals surface area contributed by atoms with E-state index in [2.05, 4.69) is 15.5 Å². The van der Waals surface area contributed by atoms with Crippen molar-refractivity contribution in [2.24, 2.45) is 0 Å². The molecule has 0 aliphatic carbocycles. The molecule has 0 unspecified atom stereocenters. The van der Waals surface area contributed by atoms with E-state index in [9.17, 15) is 4.79 Å². The number of nitrogens with zero attached hydrogens (tertiary/aromatic N) is 2. The summed E-state index contributed by atoms with van der Waals surface area (Å²) in [5.74, 6) is 1.15. The Bertz CT molecular complexity index is 751. The minimum absolute atomic E-state index is 0.0395. The van der Waals surface area contributed by atoms with Gasteiger partial charge in [0.2, 0.25) is 5.91 Å². The molecule has 0 saturated carbocycles. The van der Waals surface area contributed by atoms with Crippen LogP contribution in [-0.2, 0) is 17.8 Å². The third-order valence-electron chi connectivity index (χ3n) is 2.92. The van der Waals surface area contributed by atoms with Gasteiger partial charge in [0.05, 0.1) is 19.2 Å². The number of rotatable bonds is 5. The average Bonchev–Trinajstić information content (AvgIpc) is 3.17. The van der Waals surface area contributed by atoms with Crippen LogP contribution in [0.25, 0.3) is 11.5 Å². The van der Waals surface area contributed by atoms with Crippen molar-refractivity contribution in [2.45, 2.75) is 13.0 Å². The quantitative estimate of drug-likeness (QED) is 0.782. The van der Waals surface area contributed by atoms with Gasteiger partial charge < -0.3 is 14.3 Å². The lowest BCUT2D eigenvalue weighted by atomic mass is 10.2. The fraction of sp³-hybridized carbons (Fsp3) is 0.133. The van der Waals surface area contributed by atoms with Crippen molar-refractivity contribution in [3.8, 4) is 11.5 Å². The number of carbonyl (C=O) groups excluding carboxylic acids is 1. The maximum atomic E-state index is 11.8. The number of halogens is 1. The van der Waals surface area contributed by atoms with Crippen molar-refractivity contribution >= 4 is 17.5 Å². The molecule has 7 heteroatoms. The van der Waals surface area contributed by atoms with Crippen LogP contribution in [0, 0.1) is 0 Å². The van der Waals surface area contributed by atoms with Gasteiger partial charge in [-0.05, 0) is 36.4 Å².